The summed E-state index contributed by atoms with van der Waals surface area (Å²) in [5.41, 5.74) is -0.526. The van der Waals surface area contributed by atoms with Gasteiger partial charge in [0.25, 0.3) is 0 Å². The first-order chi connectivity index (χ1) is 30.4. The highest BCUT2D eigenvalue weighted by molar-refractivity contribution is 6.25. The Morgan fingerprint density at radius 2 is 0.915 bits per heavy atom. The zero-order chi connectivity index (χ0) is 46.0. The SMILES string of the molecule is [2H]c1c([2H])c([2H])c(-c2cccc3c(-c4c5c([2H])c([2H])c([2H])c([2H])c5c(-c5ccccc5)c5c([2H])c([2H])c([2H])c([2H])c45)c(-c4c([2H])c([2H])c([2H])c(-c5ccccc5)c4[2H])oc23)c([2H])c1[2H]. The maximum atomic E-state index is 9.69. The van der Waals surface area contributed by atoms with Crippen molar-refractivity contribution in [3.63, 3.8) is 0 Å². The Bertz CT molecular complexity index is 3400. The van der Waals surface area contributed by atoms with Gasteiger partial charge in [-0.25, -0.2) is 0 Å². The highest BCUT2D eigenvalue weighted by Crippen LogP contribution is 2.50. The van der Waals surface area contributed by atoms with Gasteiger partial charge in [-0.15, -0.1) is 0 Å². The van der Waals surface area contributed by atoms with Crippen molar-refractivity contribution in [2.45, 2.75) is 0 Å². The highest BCUT2D eigenvalue weighted by atomic mass is 16.3. The minimum Gasteiger partial charge on any atom is -0.455 e. The van der Waals surface area contributed by atoms with E-state index in [0.717, 1.165) is 0 Å². The van der Waals surface area contributed by atoms with Crippen molar-refractivity contribution < 1.29 is 27.7 Å². The summed E-state index contributed by atoms with van der Waals surface area (Å²) < 4.78 is 160. The Kier molecular flexibility index (Phi) is 3.60. The van der Waals surface area contributed by atoms with E-state index in [0.29, 0.717) is 11.1 Å². The van der Waals surface area contributed by atoms with Crippen LogP contribution in [0.2, 0.25) is 0 Å². The van der Waals surface area contributed by atoms with Crippen molar-refractivity contribution in [3.05, 3.63) is 182 Å². The Balaban J connectivity index is 1.63. The predicted octanol–water partition coefficient (Wildman–Crippen LogP) is 13.1. The van der Waals surface area contributed by atoms with E-state index < -0.39 is 103 Å². The van der Waals surface area contributed by atoms with Crippen LogP contribution in [0.1, 0.15) is 23.3 Å². The minimum atomic E-state index is -0.687. The standard InChI is InChI=1S/C46H30O/c1-4-16-31(17-5-1)34-22-14-23-35(30-34)45-44(41-29-15-28-36(46(41)47-45)32-18-6-2-7-19-32)43-39-26-12-10-24-37(39)42(33-20-8-3-9-21-33)38-25-11-13-27-40(38)43/h1-30H/i2D,6D,7D,10D,11D,12D,13D,14D,18D,19D,22D,23D,24D,25D,26D,27D,30D. The number of fused-ring (bicyclic) bond motifs is 3. The molecule has 9 aromatic rings. The molecule has 1 aromatic heterocycles. The van der Waals surface area contributed by atoms with E-state index in [-0.39, 0.29) is 77.2 Å². The molecule has 0 radical (unpaired) electrons. The molecule has 0 N–H and O–H groups in total. The van der Waals surface area contributed by atoms with Crippen LogP contribution in [0.3, 0.4) is 0 Å². The van der Waals surface area contributed by atoms with E-state index in [1.54, 1.807) is 60.7 Å². The summed E-state index contributed by atoms with van der Waals surface area (Å²) in [7, 11) is 0. The molecular formula is C46H30O. The van der Waals surface area contributed by atoms with Gasteiger partial charge < -0.3 is 4.42 Å². The maximum absolute atomic E-state index is 9.69. The van der Waals surface area contributed by atoms with Gasteiger partial charge in [-0.05, 0) is 55.4 Å². The molecule has 0 fully saturated rings. The third-order valence-electron chi connectivity index (χ3n) is 8.09. The molecule has 0 saturated heterocycles. The molecular weight excluding hydrogens is 569 g/mol. The molecule has 0 aliphatic carbocycles. The van der Waals surface area contributed by atoms with Gasteiger partial charge in [0.05, 0.1) is 23.3 Å². The summed E-state index contributed by atoms with van der Waals surface area (Å²) in [5.74, 6) is -0.384. The fraction of sp³-hybridized carbons (Fsp3) is 0. The van der Waals surface area contributed by atoms with Crippen molar-refractivity contribution >= 4 is 32.5 Å². The van der Waals surface area contributed by atoms with Crippen LogP contribution in [0.4, 0.5) is 0 Å². The lowest BCUT2D eigenvalue weighted by molar-refractivity contribution is 0.633. The van der Waals surface area contributed by atoms with Crippen LogP contribution in [-0.4, -0.2) is 0 Å². The summed E-state index contributed by atoms with van der Waals surface area (Å²) >= 11 is 0. The van der Waals surface area contributed by atoms with Crippen LogP contribution in [-0.2, 0) is 0 Å². The van der Waals surface area contributed by atoms with Gasteiger partial charge in [0.1, 0.15) is 11.3 Å². The van der Waals surface area contributed by atoms with Gasteiger partial charge in [0, 0.05) is 27.6 Å². The summed E-state index contributed by atoms with van der Waals surface area (Å²) in [5, 5.41) is -0.655. The first kappa shape index (κ1) is 14.9. The number of furan rings is 1. The quantitative estimate of drug-likeness (QED) is 0.176. The number of benzene rings is 8. The molecule has 0 spiro atoms. The molecule has 0 amide bonds. The van der Waals surface area contributed by atoms with E-state index in [4.69, 9.17) is 19.5 Å². The molecule has 220 valence electrons. The number of hydrogen-bond acceptors (Lipinski definition) is 1. The Morgan fingerprint density at radius 3 is 1.57 bits per heavy atom. The third kappa shape index (κ3) is 4.56. The normalized spacial score (nSPS) is 16.5. The average molecular weight is 616 g/mol. The lowest BCUT2D eigenvalue weighted by Gasteiger charge is -2.18. The molecule has 9 rings (SSSR count). The van der Waals surface area contributed by atoms with Gasteiger partial charge in [-0.3, -0.25) is 0 Å². The Morgan fingerprint density at radius 1 is 0.362 bits per heavy atom. The van der Waals surface area contributed by atoms with Crippen LogP contribution in [0.25, 0.3) is 88.3 Å². The molecule has 0 saturated carbocycles. The monoisotopic (exact) mass is 615 g/mol. The second kappa shape index (κ2) is 11.3. The van der Waals surface area contributed by atoms with Crippen molar-refractivity contribution in [2.24, 2.45) is 0 Å². The summed E-state index contributed by atoms with van der Waals surface area (Å²) in [6, 6.07) is 10.8. The zero-order valence-corrected chi connectivity index (χ0v) is 24.4. The predicted molar refractivity (Wildman–Crippen MR) is 198 cm³/mol. The van der Waals surface area contributed by atoms with Crippen molar-refractivity contribution in [2.75, 3.05) is 0 Å². The lowest BCUT2D eigenvalue weighted by Crippen LogP contribution is -1.91. The second-order valence-electron chi connectivity index (χ2n) is 10.7. The van der Waals surface area contributed by atoms with E-state index in [1.807, 2.05) is 0 Å². The van der Waals surface area contributed by atoms with Gasteiger partial charge >= 0.3 is 0 Å². The number of rotatable bonds is 5. The Labute approximate surface area is 297 Å². The topological polar surface area (TPSA) is 13.1 Å². The smallest absolute Gasteiger partial charge is 0.143 e. The largest absolute Gasteiger partial charge is 0.455 e. The molecule has 0 aliphatic rings. The zero-order valence-electron chi connectivity index (χ0n) is 41.4. The summed E-state index contributed by atoms with van der Waals surface area (Å²) in [4.78, 5) is 0. The van der Waals surface area contributed by atoms with E-state index >= 15 is 0 Å². The van der Waals surface area contributed by atoms with E-state index in [9.17, 15) is 8.22 Å². The first-order valence-corrected chi connectivity index (χ1v) is 14.7. The molecule has 47 heavy (non-hydrogen) atoms. The van der Waals surface area contributed by atoms with Crippen molar-refractivity contribution in [1.82, 2.24) is 0 Å². The molecule has 0 unspecified atom stereocenters. The van der Waals surface area contributed by atoms with Crippen molar-refractivity contribution in [1.29, 1.82) is 0 Å². The summed E-state index contributed by atoms with van der Waals surface area (Å²) in [6.45, 7) is 0. The molecule has 8 aromatic carbocycles. The molecule has 1 heterocycles. The second-order valence-corrected chi connectivity index (χ2v) is 10.7. The van der Waals surface area contributed by atoms with Crippen LogP contribution in [0.5, 0.6) is 0 Å². The fourth-order valence-electron chi connectivity index (χ4n) is 6.10. The van der Waals surface area contributed by atoms with Gasteiger partial charge in [-0.1, -0.05) is 176 Å². The van der Waals surface area contributed by atoms with Gasteiger partial charge in [0.2, 0.25) is 0 Å². The van der Waals surface area contributed by atoms with Gasteiger partial charge in [0.15, 0.2) is 0 Å². The van der Waals surface area contributed by atoms with Crippen LogP contribution in [0.15, 0.2) is 186 Å². The molecule has 1 heteroatoms. The Hall–Kier alpha value is -6.18. The fourth-order valence-corrected chi connectivity index (χ4v) is 6.10. The highest BCUT2D eigenvalue weighted by Gasteiger charge is 2.25. The van der Waals surface area contributed by atoms with E-state index in [1.165, 1.54) is 18.2 Å². The minimum absolute atomic E-state index is 0.0377. The lowest BCUT2D eigenvalue weighted by atomic mass is 9.84. The van der Waals surface area contributed by atoms with E-state index in [2.05, 4.69) is 0 Å². The van der Waals surface area contributed by atoms with Crippen molar-refractivity contribution in [3.8, 4) is 55.8 Å². The van der Waals surface area contributed by atoms with Crippen LogP contribution in [0, 0.1) is 0 Å². The molecule has 1 nitrogen and oxygen atoms in total. The van der Waals surface area contributed by atoms with Crippen LogP contribution >= 0.6 is 0 Å². The van der Waals surface area contributed by atoms with Crippen LogP contribution < -0.4 is 0 Å². The summed E-state index contributed by atoms with van der Waals surface area (Å²) in [6.07, 6.45) is 0. The maximum Gasteiger partial charge on any atom is 0.143 e. The average Bonchev–Trinajstić information content (AvgIpc) is 3.68. The number of hydrogen-bond donors (Lipinski definition) is 0. The molecule has 0 bridgehead atoms. The molecule has 0 aliphatic heterocycles. The third-order valence-corrected chi connectivity index (χ3v) is 8.09. The first-order valence-electron chi connectivity index (χ1n) is 23.2. The number of para-hydroxylation sites is 1. The molecule has 0 atom stereocenters. The van der Waals surface area contributed by atoms with Gasteiger partial charge in [-0.2, -0.15) is 0 Å².